The van der Waals surface area contributed by atoms with E-state index in [-0.39, 0.29) is 0 Å². The van der Waals surface area contributed by atoms with Gasteiger partial charge in [-0.05, 0) is 48.9 Å². The fourth-order valence-corrected chi connectivity index (χ4v) is 2.23. The predicted octanol–water partition coefficient (Wildman–Crippen LogP) is 5.80. The van der Waals surface area contributed by atoms with Crippen LogP contribution in [0.2, 0.25) is 0 Å². The molecule has 0 aliphatic heterocycles. The van der Waals surface area contributed by atoms with Gasteiger partial charge in [0.2, 0.25) is 0 Å². The summed E-state index contributed by atoms with van der Waals surface area (Å²) >= 11 is 0. The van der Waals surface area contributed by atoms with Crippen molar-refractivity contribution in [3.8, 4) is 17.9 Å². The fraction of sp³-hybridized carbons (Fsp3) is 0.300. The molecule has 0 aliphatic carbocycles. The van der Waals surface area contributed by atoms with E-state index >= 15 is 0 Å². The molecule has 0 saturated heterocycles. The summed E-state index contributed by atoms with van der Waals surface area (Å²) in [5.41, 5.74) is 1.86. The molecule has 25 heavy (non-hydrogen) atoms. The second kappa shape index (κ2) is 9.85. The average Bonchev–Trinajstić information content (AvgIpc) is 2.66. The molecule has 0 aliphatic rings. The van der Waals surface area contributed by atoms with Crippen LogP contribution in [0.5, 0.6) is 5.75 Å². The van der Waals surface area contributed by atoms with Crippen LogP contribution in [-0.4, -0.2) is 6.61 Å². The topological polar surface area (TPSA) is 81.5 Å². The quantitative estimate of drug-likeness (QED) is 0.452. The Kier molecular flexibility index (Phi) is 7.15. The van der Waals surface area contributed by atoms with Gasteiger partial charge in [0.1, 0.15) is 17.9 Å². The molecule has 0 fully saturated rings. The minimum absolute atomic E-state index is 0.297. The van der Waals surface area contributed by atoms with E-state index in [0.29, 0.717) is 22.5 Å². The maximum Gasteiger partial charge on any atom is 0.119 e. The molecule has 0 radical (unpaired) electrons. The van der Waals surface area contributed by atoms with Crippen molar-refractivity contribution < 1.29 is 4.74 Å². The molecule has 0 spiro atoms. The monoisotopic (exact) mass is 332 g/mol. The highest BCUT2D eigenvalue weighted by Gasteiger charge is 2.02. The van der Waals surface area contributed by atoms with Crippen molar-refractivity contribution in [3.63, 3.8) is 0 Å². The molecule has 2 aromatic rings. The zero-order chi connectivity index (χ0) is 17.9. The highest BCUT2D eigenvalue weighted by atomic mass is 16.5. The molecular formula is C20H20N4O. The van der Waals surface area contributed by atoms with E-state index in [4.69, 9.17) is 15.3 Å². The normalized spacial score (nSPS) is 10.4. The molecule has 2 aromatic carbocycles. The summed E-state index contributed by atoms with van der Waals surface area (Å²) < 4.78 is 5.69. The lowest BCUT2D eigenvalue weighted by Crippen LogP contribution is -1.96. The first-order chi connectivity index (χ1) is 12.3. The Hall–Kier alpha value is -3.18. The first kappa shape index (κ1) is 18.2. The van der Waals surface area contributed by atoms with Crippen LogP contribution < -0.4 is 4.74 Å². The van der Waals surface area contributed by atoms with Crippen LogP contribution in [0, 0.1) is 22.7 Å². The van der Waals surface area contributed by atoms with Crippen LogP contribution in [-0.2, 0) is 0 Å². The van der Waals surface area contributed by atoms with E-state index in [1.165, 1.54) is 19.3 Å². The number of nitriles is 2. The molecule has 0 heterocycles. The number of nitrogens with zero attached hydrogens (tertiary/aromatic N) is 4. The Bertz CT molecular complexity index is 798. The Morgan fingerprint density at radius 1 is 0.840 bits per heavy atom. The van der Waals surface area contributed by atoms with Crippen molar-refractivity contribution in [3.05, 3.63) is 53.6 Å². The third-order valence-corrected chi connectivity index (χ3v) is 3.63. The van der Waals surface area contributed by atoms with Crippen molar-refractivity contribution in [1.29, 1.82) is 10.5 Å². The predicted molar refractivity (Wildman–Crippen MR) is 96.1 cm³/mol. The van der Waals surface area contributed by atoms with Crippen molar-refractivity contribution in [2.24, 2.45) is 10.2 Å². The van der Waals surface area contributed by atoms with Crippen LogP contribution in [0.25, 0.3) is 0 Å². The molecule has 0 N–H and O–H groups in total. The lowest BCUT2D eigenvalue weighted by Gasteiger charge is -2.05. The number of unbranched alkanes of at least 4 members (excludes halogenated alkanes) is 3. The van der Waals surface area contributed by atoms with Gasteiger partial charge in [-0.1, -0.05) is 26.2 Å². The molecule has 2 rings (SSSR count). The van der Waals surface area contributed by atoms with E-state index in [2.05, 4.69) is 17.2 Å². The third kappa shape index (κ3) is 5.75. The molecule has 0 aromatic heterocycles. The van der Waals surface area contributed by atoms with Gasteiger partial charge in [0.15, 0.2) is 0 Å². The molecular weight excluding hydrogens is 312 g/mol. The number of hydrogen-bond donors (Lipinski definition) is 0. The molecule has 0 bridgehead atoms. The standard InChI is InChI=1S/C20H20N4O/c1-2-3-4-5-12-25-20-10-8-18(9-11-20)23-24-19-7-6-16(14-21)17(13-19)15-22/h6-11,13H,2-5,12H2,1H3. The van der Waals surface area contributed by atoms with Gasteiger partial charge in [-0.2, -0.15) is 20.8 Å². The van der Waals surface area contributed by atoms with Crippen molar-refractivity contribution in [1.82, 2.24) is 0 Å². The number of benzene rings is 2. The van der Waals surface area contributed by atoms with E-state index in [9.17, 15) is 0 Å². The number of hydrogen-bond acceptors (Lipinski definition) is 5. The van der Waals surface area contributed by atoms with Gasteiger partial charge >= 0.3 is 0 Å². The summed E-state index contributed by atoms with van der Waals surface area (Å²) in [6.45, 7) is 2.91. The van der Waals surface area contributed by atoms with Gasteiger partial charge in [-0.15, -0.1) is 0 Å². The van der Waals surface area contributed by atoms with Crippen LogP contribution in [0.4, 0.5) is 11.4 Å². The van der Waals surface area contributed by atoms with E-state index in [0.717, 1.165) is 18.8 Å². The van der Waals surface area contributed by atoms with Gasteiger partial charge in [-0.3, -0.25) is 0 Å². The zero-order valence-corrected chi connectivity index (χ0v) is 14.3. The smallest absolute Gasteiger partial charge is 0.119 e. The van der Waals surface area contributed by atoms with Crippen molar-refractivity contribution in [2.75, 3.05) is 6.61 Å². The van der Waals surface area contributed by atoms with Crippen molar-refractivity contribution in [2.45, 2.75) is 32.6 Å². The molecule has 0 unspecified atom stereocenters. The second-order valence-electron chi connectivity index (χ2n) is 5.56. The largest absolute Gasteiger partial charge is 0.494 e. The van der Waals surface area contributed by atoms with Crippen LogP contribution in [0.1, 0.15) is 43.7 Å². The maximum absolute atomic E-state index is 9.02. The first-order valence-electron chi connectivity index (χ1n) is 8.35. The van der Waals surface area contributed by atoms with Gasteiger partial charge in [-0.25, -0.2) is 0 Å². The summed E-state index contributed by atoms with van der Waals surface area (Å²) in [5.74, 6) is 0.820. The maximum atomic E-state index is 9.02. The third-order valence-electron chi connectivity index (χ3n) is 3.63. The zero-order valence-electron chi connectivity index (χ0n) is 14.3. The Morgan fingerprint density at radius 3 is 2.20 bits per heavy atom. The molecule has 5 heteroatoms. The highest BCUT2D eigenvalue weighted by molar-refractivity contribution is 5.53. The average molecular weight is 332 g/mol. The molecule has 0 saturated carbocycles. The Morgan fingerprint density at radius 2 is 1.52 bits per heavy atom. The number of azo groups is 1. The minimum atomic E-state index is 0.297. The summed E-state index contributed by atoms with van der Waals surface area (Å²) in [7, 11) is 0. The second-order valence-corrected chi connectivity index (χ2v) is 5.56. The fourth-order valence-electron chi connectivity index (χ4n) is 2.23. The first-order valence-corrected chi connectivity index (χ1v) is 8.35. The lowest BCUT2D eigenvalue weighted by molar-refractivity contribution is 0.305. The SMILES string of the molecule is CCCCCCOc1ccc(N=Nc2ccc(C#N)c(C#N)c2)cc1. The number of rotatable bonds is 8. The van der Waals surface area contributed by atoms with Gasteiger partial charge in [0, 0.05) is 0 Å². The summed E-state index contributed by atoms with van der Waals surface area (Å²) in [6, 6.07) is 16.1. The van der Waals surface area contributed by atoms with E-state index in [1.54, 1.807) is 18.2 Å². The van der Waals surface area contributed by atoms with E-state index < -0.39 is 0 Å². The van der Waals surface area contributed by atoms with E-state index in [1.807, 2.05) is 36.4 Å². The number of ether oxygens (including phenoxy) is 1. The Balaban J connectivity index is 1.94. The molecule has 0 amide bonds. The summed E-state index contributed by atoms with van der Waals surface area (Å²) in [4.78, 5) is 0. The lowest BCUT2D eigenvalue weighted by atomic mass is 10.1. The van der Waals surface area contributed by atoms with Crippen LogP contribution in [0.3, 0.4) is 0 Å². The molecule has 126 valence electrons. The van der Waals surface area contributed by atoms with Gasteiger partial charge in [0.05, 0.1) is 29.1 Å². The van der Waals surface area contributed by atoms with Gasteiger partial charge < -0.3 is 4.74 Å². The summed E-state index contributed by atoms with van der Waals surface area (Å²) in [5, 5.41) is 26.2. The molecule has 5 nitrogen and oxygen atoms in total. The summed E-state index contributed by atoms with van der Waals surface area (Å²) in [6.07, 6.45) is 4.72. The highest BCUT2D eigenvalue weighted by Crippen LogP contribution is 2.23. The van der Waals surface area contributed by atoms with Crippen LogP contribution >= 0.6 is 0 Å². The Labute approximate surface area is 148 Å². The molecule has 0 atom stereocenters. The van der Waals surface area contributed by atoms with Crippen molar-refractivity contribution >= 4 is 11.4 Å². The van der Waals surface area contributed by atoms with Crippen LogP contribution in [0.15, 0.2) is 52.7 Å². The van der Waals surface area contributed by atoms with Gasteiger partial charge in [0.25, 0.3) is 0 Å². The minimum Gasteiger partial charge on any atom is -0.494 e.